The van der Waals surface area contributed by atoms with Gasteiger partial charge in [-0.1, -0.05) is 36.4 Å². The minimum atomic E-state index is -0.726. The van der Waals surface area contributed by atoms with Crippen LogP contribution in [0, 0.1) is 5.92 Å². The fourth-order valence-corrected chi connectivity index (χ4v) is 3.31. The van der Waals surface area contributed by atoms with Gasteiger partial charge in [0.15, 0.2) is 12.6 Å². The maximum absolute atomic E-state index is 10.5. The predicted molar refractivity (Wildman–Crippen MR) is 84.6 cm³/mol. The van der Waals surface area contributed by atoms with Gasteiger partial charge in [-0.25, -0.2) is 0 Å². The summed E-state index contributed by atoms with van der Waals surface area (Å²) < 4.78 is 23.0. The zero-order valence-electron chi connectivity index (χ0n) is 13.3. The molecule has 1 aromatic rings. The van der Waals surface area contributed by atoms with Crippen LogP contribution in [0.15, 0.2) is 43.0 Å². The lowest BCUT2D eigenvalue weighted by Crippen LogP contribution is -2.59. The molecule has 23 heavy (non-hydrogen) atoms. The monoisotopic (exact) mass is 320 g/mol. The van der Waals surface area contributed by atoms with Crippen molar-refractivity contribution < 1.29 is 24.1 Å². The first-order valence-electron chi connectivity index (χ1n) is 8.04. The maximum Gasteiger partial charge on any atom is 0.184 e. The summed E-state index contributed by atoms with van der Waals surface area (Å²) in [6, 6.07) is 9.81. The molecule has 0 aromatic heterocycles. The number of methoxy groups -OCH3 is 1. The second-order valence-corrected chi connectivity index (χ2v) is 5.98. The summed E-state index contributed by atoms with van der Waals surface area (Å²) in [5.41, 5.74) is 0.969. The lowest BCUT2D eigenvalue weighted by atomic mass is 9.84. The third-order valence-electron chi connectivity index (χ3n) is 4.52. The number of benzene rings is 1. The van der Waals surface area contributed by atoms with E-state index in [2.05, 4.69) is 6.58 Å². The van der Waals surface area contributed by atoms with Crippen LogP contribution in [-0.2, 0) is 18.9 Å². The number of fused-ring (bicyclic) bond motifs is 1. The third kappa shape index (κ3) is 3.49. The van der Waals surface area contributed by atoms with E-state index in [1.807, 2.05) is 36.4 Å². The van der Waals surface area contributed by atoms with Gasteiger partial charge in [-0.15, -0.1) is 6.58 Å². The van der Waals surface area contributed by atoms with Gasteiger partial charge in [0.1, 0.15) is 12.2 Å². The number of hydrogen-bond acceptors (Lipinski definition) is 5. The van der Waals surface area contributed by atoms with E-state index in [0.29, 0.717) is 6.61 Å². The molecule has 2 saturated heterocycles. The molecule has 2 heterocycles. The van der Waals surface area contributed by atoms with Gasteiger partial charge in [-0.05, 0) is 12.8 Å². The second kappa shape index (κ2) is 7.55. The van der Waals surface area contributed by atoms with E-state index in [0.717, 1.165) is 18.4 Å². The van der Waals surface area contributed by atoms with E-state index in [9.17, 15) is 5.11 Å². The summed E-state index contributed by atoms with van der Waals surface area (Å²) in [7, 11) is 1.54. The van der Waals surface area contributed by atoms with Gasteiger partial charge in [0.05, 0.1) is 12.7 Å². The van der Waals surface area contributed by atoms with E-state index in [4.69, 9.17) is 18.9 Å². The SMILES string of the molecule is C=CCC[C@H]1[C@H](O)[C@@H](OC)O[C@@H]2CO[C@@H](c3ccccc3)O[C@@H]12. The fraction of sp³-hybridized carbons (Fsp3) is 0.556. The fourth-order valence-electron chi connectivity index (χ4n) is 3.31. The number of allylic oxidation sites excluding steroid dienone is 1. The molecule has 0 bridgehead atoms. The van der Waals surface area contributed by atoms with Crippen molar-refractivity contribution in [1.82, 2.24) is 0 Å². The van der Waals surface area contributed by atoms with E-state index in [-0.39, 0.29) is 18.1 Å². The molecule has 2 aliphatic heterocycles. The van der Waals surface area contributed by atoms with Crippen molar-refractivity contribution in [3.05, 3.63) is 48.6 Å². The van der Waals surface area contributed by atoms with Gasteiger partial charge in [0, 0.05) is 18.6 Å². The molecular weight excluding hydrogens is 296 g/mol. The number of aliphatic hydroxyl groups excluding tert-OH is 1. The molecule has 2 aliphatic rings. The van der Waals surface area contributed by atoms with Crippen LogP contribution in [0.25, 0.3) is 0 Å². The first-order valence-corrected chi connectivity index (χ1v) is 8.04. The van der Waals surface area contributed by atoms with E-state index in [1.54, 1.807) is 0 Å². The zero-order chi connectivity index (χ0) is 16.2. The summed E-state index contributed by atoms with van der Waals surface area (Å²) >= 11 is 0. The topological polar surface area (TPSA) is 57.2 Å². The Balaban J connectivity index is 1.77. The molecule has 3 rings (SSSR count). The van der Waals surface area contributed by atoms with Crippen LogP contribution in [0.4, 0.5) is 0 Å². The molecule has 5 nitrogen and oxygen atoms in total. The normalized spacial score (nSPS) is 37.1. The number of ether oxygens (including phenoxy) is 4. The zero-order valence-corrected chi connectivity index (χ0v) is 13.3. The standard InChI is InChI=1S/C18H24O5/c1-3-4-10-13-15(19)18(20-2)22-14-11-21-17(23-16(13)14)12-8-6-5-7-9-12/h3,5-9,13-19H,1,4,10-11H2,2H3/t13-,14+,15-,16-,17+,18-/m0/s1. The van der Waals surface area contributed by atoms with Gasteiger partial charge in [-0.3, -0.25) is 0 Å². The number of rotatable bonds is 5. The van der Waals surface area contributed by atoms with Crippen LogP contribution in [0.1, 0.15) is 24.7 Å². The van der Waals surface area contributed by atoms with Gasteiger partial charge in [-0.2, -0.15) is 0 Å². The van der Waals surface area contributed by atoms with Crippen LogP contribution in [-0.4, -0.2) is 43.4 Å². The Morgan fingerprint density at radius 1 is 1.30 bits per heavy atom. The van der Waals surface area contributed by atoms with Crippen LogP contribution < -0.4 is 0 Å². The van der Waals surface area contributed by atoms with Gasteiger partial charge in [0.2, 0.25) is 0 Å². The predicted octanol–water partition coefficient (Wildman–Crippen LogP) is 2.42. The lowest BCUT2D eigenvalue weighted by molar-refractivity contribution is -0.350. The average Bonchev–Trinajstić information content (AvgIpc) is 2.61. The highest BCUT2D eigenvalue weighted by Gasteiger charge is 2.48. The van der Waals surface area contributed by atoms with Gasteiger partial charge in [0.25, 0.3) is 0 Å². The molecule has 0 spiro atoms. The quantitative estimate of drug-likeness (QED) is 0.844. The summed E-state index contributed by atoms with van der Waals surface area (Å²) in [6.45, 7) is 4.18. The number of aliphatic hydroxyl groups is 1. The highest BCUT2D eigenvalue weighted by Crippen LogP contribution is 2.38. The van der Waals surface area contributed by atoms with E-state index in [1.165, 1.54) is 7.11 Å². The molecule has 2 fully saturated rings. The smallest absolute Gasteiger partial charge is 0.184 e. The average molecular weight is 320 g/mol. The van der Waals surface area contributed by atoms with Crippen molar-refractivity contribution in [2.24, 2.45) is 5.92 Å². The Kier molecular flexibility index (Phi) is 5.46. The molecule has 6 atom stereocenters. The summed E-state index contributed by atoms with van der Waals surface area (Å²) in [6.07, 6.45) is 1.17. The lowest BCUT2D eigenvalue weighted by Gasteiger charge is -2.48. The molecule has 0 saturated carbocycles. The van der Waals surface area contributed by atoms with Crippen molar-refractivity contribution in [3.63, 3.8) is 0 Å². The highest BCUT2D eigenvalue weighted by molar-refractivity contribution is 5.16. The molecule has 126 valence electrons. The van der Waals surface area contributed by atoms with E-state index >= 15 is 0 Å². The first-order chi connectivity index (χ1) is 11.2. The van der Waals surface area contributed by atoms with E-state index < -0.39 is 18.7 Å². The first kappa shape index (κ1) is 16.6. The molecule has 1 aromatic carbocycles. The van der Waals surface area contributed by atoms with Gasteiger partial charge >= 0.3 is 0 Å². The Bertz CT molecular complexity index is 505. The van der Waals surface area contributed by atoms with Crippen LogP contribution in [0.2, 0.25) is 0 Å². The molecule has 0 aliphatic carbocycles. The minimum absolute atomic E-state index is 0.0770. The van der Waals surface area contributed by atoms with Crippen LogP contribution >= 0.6 is 0 Å². The largest absolute Gasteiger partial charge is 0.387 e. The van der Waals surface area contributed by atoms with Gasteiger partial charge < -0.3 is 24.1 Å². The summed E-state index contributed by atoms with van der Waals surface area (Å²) in [5, 5.41) is 10.5. The third-order valence-corrected chi connectivity index (χ3v) is 4.52. The van der Waals surface area contributed by atoms with Crippen molar-refractivity contribution >= 4 is 0 Å². The Morgan fingerprint density at radius 3 is 2.78 bits per heavy atom. The molecule has 0 radical (unpaired) electrons. The Labute approximate surface area is 136 Å². The molecule has 1 N–H and O–H groups in total. The van der Waals surface area contributed by atoms with Crippen molar-refractivity contribution in [1.29, 1.82) is 0 Å². The molecular formula is C18H24O5. The number of hydrogen-bond donors (Lipinski definition) is 1. The molecule has 0 amide bonds. The molecule has 5 heteroatoms. The Morgan fingerprint density at radius 2 is 2.09 bits per heavy atom. The maximum atomic E-state index is 10.5. The molecule has 0 unspecified atom stereocenters. The van der Waals surface area contributed by atoms with Crippen molar-refractivity contribution in [3.8, 4) is 0 Å². The Hall–Kier alpha value is -1.24. The van der Waals surface area contributed by atoms with Crippen molar-refractivity contribution in [2.75, 3.05) is 13.7 Å². The van der Waals surface area contributed by atoms with Crippen molar-refractivity contribution in [2.45, 2.75) is 43.7 Å². The summed E-state index contributed by atoms with van der Waals surface area (Å²) in [4.78, 5) is 0. The van der Waals surface area contributed by atoms with Crippen LogP contribution in [0.3, 0.4) is 0 Å². The van der Waals surface area contributed by atoms with Crippen LogP contribution in [0.5, 0.6) is 0 Å². The highest BCUT2D eigenvalue weighted by atomic mass is 16.7. The summed E-state index contributed by atoms with van der Waals surface area (Å²) in [5.74, 6) is -0.0770. The minimum Gasteiger partial charge on any atom is -0.387 e. The second-order valence-electron chi connectivity index (χ2n) is 5.98.